The van der Waals surface area contributed by atoms with E-state index in [-0.39, 0.29) is 0 Å². The molecule has 0 amide bonds. The molecule has 0 heterocycles. The second kappa shape index (κ2) is 4.05. The molecular weight excluding hydrogens is 224 g/mol. The van der Waals surface area contributed by atoms with Gasteiger partial charge in [0.2, 0.25) is 0 Å². The zero-order chi connectivity index (χ0) is 11.9. The molecule has 1 aromatic carbocycles. The van der Waals surface area contributed by atoms with E-state index >= 15 is 0 Å². The Labute approximate surface area is 110 Å². The second-order valence-electron chi connectivity index (χ2n) is 6.18. The highest BCUT2D eigenvalue weighted by Gasteiger charge is 2.48. The van der Waals surface area contributed by atoms with Crippen LogP contribution in [0.2, 0.25) is 0 Å². The minimum atomic E-state index is 0.512. The largest absolute Gasteiger partial charge is 0.143 e. The summed E-state index contributed by atoms with van der Waals surface area (Å²) in [5, 5.41) is 0. The van der Waals surface area contributed by atoms with Crippen molar-refractivity contribution in [2.75, 3.05) is 0 Å². The third-order valence-corrected chi connectivity index (χ3v) is 5.93. The number of benzene rings is 1. The third-order valence-electron chi connectivity index (χ3n) is 5.63. The summed E-state index contributed by atoms with van der Waals surface area (Å²) in [4.78, 5) is 1.08. The molecule has 17 heavy (non-hydrogen) atoms. The van der Waals surface area contributed by atoms with Gasteiger partial charge in [0.1, 0.15) is 0 Å². The molecule has 0 spiro atoms. The molecule has 0 aromatic heterocycles. The monoisotopic (exact) mass is 246 g/mol. The number of hydrogen-bond acceptors (Lipinski definition) is 1. The van der Waals surface area contributed by atoms with Crippen molar-refractivity contribution in [2.24, 2.45) is 5.41 Å². The van der Waals surface area contributed by atoms with Gasteiger partial charge in [-0.1, -0.05) is 25.5 Å². The summed E-state index contributed by atoms with van der Waals surface area (Å²) in [6, 6.07) is 8.94. The summed E-state index contributed by atoms with van der Waals surface area (Å²) >= 11 is 4.39. The maximum absolute atomic E-state index is 4.39. The Morgan fingerprint density at radius 3 is 1.94 bits per heavy atom. The first-order valence-electron chi connectivity index (χ1n) is 6.98. The summed E-state index contributed by atoms with van der Waals surface area (Å²) < 4.78 is 0. The van der Waals surface area contributed by atoms with Gasteiger partial charge in [0.15, 0.2) is 0 Å². The molecule has 0 saturated heterocycles. The van der Waals surface area contributed by atoms with E-state index in [0.717, 1.165) is 4.90 Å². The van der Waals surface area contributed by atoms with Gasteiger partial charge in [-0.15, -0.1) is 12.6 Å². The lowest BCUT2D eigenvalue weighted by Crippen LogP contribution is -2.43. The molecule has 92 valence electrons. The standard InChI is InChI=1S/C16H22S/c1-2-15-7-10-16(11-8-15,12-9-15)13-3-5-14(17)6-4-13/h3-6,17H,2,7-12H2,1H3. The van der Waals surface area contributed by atoms with Crippen LogP contribution in [-0.4, -0.2) is 0 Å². The van der Waals surface area contributed by atoms with Crippen LogP contribution in [-0.2, 0) is 5.41 Å². The molecule has 0 unspecified atom stereocenters. The minimum Gasteiger partial charge on any atom is -0.143 e. The van der Waals surface area contributed by atoms with Crippen LogP contribution >= 0.6 is 12.6 Å². The van der Waals surface area contributed by atoms with E-state index in [4.69, 9.17) is 0 Å². The Hall–Kier alpha value is -0.430. The van der Waals surface area contributed by atoms with Gasteiger partial charge in [-0.3, -0.25) is 0 Å². The number of rotatable bonds is 2. The van der Waals surface area contributed by atoms with Crippen LogP contribution in [0.25, 0.3) is 0 Å². The van der Waals surface area contributed by atoms with Crippen molar-refractivity contribution < 1.29 is 0 Å². The highest BCUT2D eigenvalue weighted by Crippen LogP contribution is 2.58. The predicted molar refractivity (Wildman–Crippen MR) is 75.8 cm³/mol. The van der Waals surface area contributed by atoms with Gasteiger partial charge in [0.25, 0.3) is 0 Å². The third kappa shape index (κ3) is 1.83. The van der Waals surface area contributed by atoms with Crippen molar-refractivity contribution >= 4 is 12.6 Å². The van der Waals surface area contributed by atoms with E-state index in [1.54, 1.807) is 5.56 Å². The van der Waals surface area contributed by atoms with Gasteiger partial charge in [-0.2, -0.15) is 0 Å². The maximum atomic E-state index is 4.39. The maximum Gasteiger partial charge on any atom is 0.00401 e. The van der Waals surface area contributed by atoms with Gasteiger partial charge < -0.3 is 0 Å². The predicted octanol–water partition coefficient (Wildman–Crippen LogP) is 4.98. The van der Waals surface area contributed by atoms with Crippen LogP contribution in [0.4, 0.5) is 0 Å². The minimum absolute atomic E-state index is 0.512. The van der Waals surface area contributed by atoms with Gasteiger partial charge in [0, 0.05) is 4.90 Å². The molecule has 1 heteroatoms. The lowest BCUT2D eigenvalue weighted by molar-refractivity contribution is 0.0366. The molecule has 3 aliphatic rings. The normalized spacial score (nSPS) is 36.1. The molecule has 1 aromatic rings. The van der Waals surface area contributed by atoms with Gasteiger partial charge in [-0.25, -0.2) is 0 Å². The van der Waals surface area contributed by atoms with Crippen molar-refractivity contribution in [3.05, 3.63) is 29.8 Å². The number of fused-ring (bicyclic) bond motifs is 3. The van der Waals surface area contributed by atoms with Crippen LogP contribution in [0.15, 0.2) is 29.2 Å². The van der Waals surface area contributed by atoms with Crippen LogP contribution in [0.3, 0.4) is 0 Å². The molecule has 4 rings (SSSR count). The lowest BCUT2D eigenvalue weighted by atomic mass is 9.51. The summed E-state index contributed by atoms with van der Waals surface area (Å²) in [6.07, 6.45) is 9.97. The summed E-state index contributed by atoms with van der Waals surface area (Å²) in [5.41, 5.74) is 2.79. The SMILES string of the molecule is CCC12CCC(c3ccc(S)cc3)(CC1)CC2. The first kappa shape index (κ1) is 11.6. The molecule has 3 fully saturated rings. The molecular formula is C16H22S. The van der Waals surface area contributed by atoms with E-state index in [1.807, 2.05) is 0 Å². The topological polar surface area (TPSA) is 0 Å². The molecule has 0 radical (unpaired) electrons. The number of thiol groups is 1. The second-order valence-corrected chi connectivity index (χ2v) is 6.70. The van der Waals surface area contributed by atoms with Crippen molar-refractivity contribution in [2.45, 2.75) is 62.2 Å². The Kier molecular flexibility index (Phi) is 2.77. The Bertz CT molecular complexity index is 380. The zero-order valence-corrected chi connectivity index (χ0v) is 11.6. The van der Waals surface area contributed by atoms with Gasteiger partial charge in [-0.05, 0) is 67.1 Å². The van der Waals surface area contributed by atoms with Gasteiger partial charge >= 0.3 is 0 Å². The van der Waals surface area contributed by atoms with Crippen LogP contribution in [0.1, 0.15) is 57.4 Å². The Balaban J connectivity index is 1.88. The first-order valence-corrected chi connectivity index (χ1v) is 7.42. The molecule has 0 atom stereocenters. The average Bonchev–Trinajstić information content (AvgIpc) is 2.41. The van der Waals surface area contributed by atoms with Crippen LogP contribution in [0, 0.1) is 5.41 Å². The van der Waals surface area contributed by atoms with Crippen LogP contribution < -0.4 is 0 Å². The smallest absolute Gasteiger partial charge is 0.00401 e. The first-order chi connectivity index (χ1) is 8.18. The van der Waals surface area contributed by atoms with E-state index in [2.05, 4.69) is 43.8 Å². The highest BCUT2D eigenvalue weighted by molar-refractivity contribution is 7.80. The quantitative estimate of drug-likeness (QED) is 0.699. The molecule has 3 saturated carbocycles. The van der Waals surface area contributed by atoms with E-state index in [1.165, 1.54) is 44.9 Å². The van der Waals surface area contributed by atoms with Crippen molar-refractivity contribution in [1.82, 2.24) is 0 Å². The highest BCUT2D eigenvalue weighted by atomic mass is 32.1. The van der Waals surface area contributed by atoms with Crippen molar-refractivity contribution in [3.8, 4) is 0 Å². The fourth-order valence-electron chi connectivity index (χ4n) is 4.04. The Morgan fingerprint density at radius 2 is 1.47 bits per heavy atom. The molecule has 2 bridgehead atoms. The fourth-order valence-corrected chi connectivity index (χ4v) is 4.19. The van der Waals surface area contributed by atoms with E-state index in [9.17, 15) is 0 Å². The molecule has 0 aliphatic heterocycles. The molecule has 0 N–H and O–H groups in total. The molecule has 3 aliphatic carbocycles. The summed E-state index contributed by atoms with van der Waals surface area (Å²) in [7, 11) is 0. The fraction of sp³-hybridized carbons (Fsp3) is 0.625. The lowest BCUT2D eigenvalue weighted by Gasteiger charge is -2.54. The van der Waals surface area contributed by atoms with Gasteiger partial charge in [0.05, 0.1) is 0 Å². The molecule has 0 nitrogen and oxygen atoms in total. The average molecular weight is 246 g/mol. The van der Waals surface area contributed by atoms with E-state index < -0.39 is 0 Å². The van der Waals surface area contributed by atoms with Crippen molar-refractivity contribution in [1.29, 1.82) is 0 Å². The van der Waals surface area contributed by atoms with E-state index in [0.29, 0.717) is 10.8 Å². The summed E-state index contributed by atoms with van der Waals surface area (Å²) in [5.74, 6) is 0. The summed E-state index contributed by atoms with van der Waals surface area (Å²) in [6.45, 7) is 2.38. The Morgan fingerprint density at radius 1 is 0.941 bits per heavy atom. The zero-order valence-electron chi connectivity index (χ0n) is 10.7. The van der Waals surface area contributed by atoms with Crippen LogP contribution in [0.5, 0.6) is 0 Å². The van der Waals surface area contributed by atoms with Crippen molar-refractivity contribution in [3.63, 3.8) is 0 Å². The number of hydrogen-bond donors (Lipinski definition) is 1.